The third-order valence-corrected chi connectivity index (χ3v) is 3.10. The summed E-state index contributed by atoms with van der Waals surface area (Å²) in [5, 5.41) is 0. The monoisotopic (exact) mass is 330 g/mol. The van der Waals surface area contributed by atoms with Crippen molar-refractivity contribution in [1.29, 1.82) is 0 Å². The van der Waals surface area contributed by atoms with E-state index < -0.39 is 11.6 Å². The molecular weight excluding hydrogens is 304 g/mol. The third-order valence-electron chi connectivity index (χ3n) is 3.10. The minimum atomic E-state index is -0.549. The molecule has 0 aliphatic carbocycles. The average molecular weight is 330 g/mol. The summed E-state index contributed by atoms with van der Waals surface area (Å²) in [5.41, 5.74) is 1.67. The van der Waals surface area contributed by atoms with E-state index in [1.165, 1.54) is 6.08 Å². The molecule has 0 aromatic heterocycles. The van der Waals surface area contributed by atoms with Gasteiger partial charge in [0.25, 0.3) is 0 Å². The lowest BCUT2D eigenvalue weighted by atomic mass is 10.0. The summed E-state index contributed by atoms with van der Waals surface area (Å²) in [4.78, 5) is 24.0. The second-order valence-electron chi connectivity index (χ2n) is 6.41. The Kier molecular flexibility index (Phi) is 7.43. The van der Waals surface area contributed by atoms with Gasteiger partial charge in [0.2, 0.25) is 0 Å². The lowest BCUT2D eigenvalue weighted by Gasteiger charge is -2.18. The quantitative estimate of drug-likeness (QED) is 0.449. The van der Waals surface area contributed by atoms with Crippen molar-refractivity contribution in [3.8, 4) is 0 Å². The van der Waals surface area contributed by atoms with Crippen LogP contribution in [0.3, 0.4) is 0 Å². The molecule has 1 rings (SSSR count). The molecule has 0 amide bonds. The van der Waals surface area contributed by atoms with E-state index in [1.807, 2.05) is 30.3 Å². The van der Waals surface area contributed by atoms with Gasteiger partial charge >= 0.3 is 11.9 Å². The number of hydrogen-bond acceptors (Lipinski definition) is 4. The van der Waals surface area contributed by atoms with Crippen LogP contribution in [0, 0.1) is 0 Å². The van der Waals surface area contributed by atoms with Gasteiger partial charge in [-0.25, -0.2) is 9.59 Å². The van der Waals surface area contributed by atoms with Gasteiger partial charge in [-0.05, 0) is 45.8 Å². The number of carbonyl (C=O) groups is 2. The molecule has 0 heterocycles. The zero-order valence-electron chi connectivity index (χ0n) is 15.1. The maximum atomic E-state index is 12.2. The predicted octanol–water partition coefficient (Wildman–Crippen LogP) is 4.01. The van der Waals surface area contributed by atoms with E-state index in [2.05, 4.69) is 0 Å². The summed E-state index contributed by atoms with van der Waals surface area (Å²) in [6.07, 6.45) is 3.39. The first-order valence-corrected chi connectivity index (χ1v) is 8.04. The van der Waals surface area contributed by atoms with Crippen LogP contribution in [-0.2, 0) is 25.5 Å². The average Bonchev–Trinajstić information content (AvgIpc) is 2.50. The summed E-state index contributed by atoms with van der Waals surface area (Å²) in [5.74, 6) is -0.808. The summed E-state index contributed by atoms with van der Waals surface area (Å²) in [6, 6.07) is 9.66. The van der Waals surface area contributed by atoms with Crippen molar-refractivity contribution >= 4 is 11.9 Å². The Morgan fingerprint density at radius 3 is 2.25 bits per heavy atom. The van der Waals surface area contributed by atoms with E-state index in [4.69, 9.17) is 9.47 Å². The summed E-state index contributed by atoms with van der Waals surface area (Å²) < 4.78 is 10.4. The summed E-state index contributed by atoms with van der Waals surface area (Å²) in [6.45, 7) is 9.28. The molecule has 0 aliphatic rings. The van der Waals surface area contributed by atoms with Gasteiger partial charge in [-0.1, -0.05) is 36.4 Å². The highest BCUT2D eigenvalue weighted by Crippen LogP contribution is 2.16. The van der Waals surface area contributed by atoms with Crippen molar-refractivity contribution < 1.29 is 19.1 Å². The first-order chi connectivity index (χ1) is 11.2. The fraction of sp³-hybridized carbons (Fsp3) is 0.400. The topological polar surface area (TPSA) is 52.6 Å². The molecule has 0 bridgehead atoms. The molecular formula is C20H26O4. The van der Waals surface area contributed by atoms with Crippen LogP contribution in [0.1, 0.15) is 40.2 Å². The summed E-state index contributed by atoms with van der Waals surface area (Å²) >= 11 is 0. The number of rotatable bonds is 6. The van der Waals surface area contributed by atoms with E-state index in [1.54, 1.807) is 40.7 Å². The Balaban J connectivity index is 3.00. The molecule has 4 nitrogen and oxygen atoms in total. The van der Waals surface area contributed by atoms with Gasteiger partial charge in [-0.3, -0.25) is 0 Å². The summed E-state index contributed by atoms with van der Waals surface area (Å²) in [7, 11) is 0. The van der Waals surface area contributed by atoms with Gasteiger partial charge in [0.15, 0.2) is 0 Å². The van der Waals surface area contributed by atoms with Crippen LogP contribution < -0.4 is 0 Å². The van der Waals surface area contributed by atoms with E-state index in [9.17, 15) is 9.59 Å². The molecule has 0 saturated carbocycles. The van der Waals surface area contributed by atoms with Crippen molar-refractivity contribution in [1.82, 2.24) is 0 Å². The highest BCUT2D eigenvalue weighted by atomic mass is 16.6. The minimum Gasteiger partial charge on any atom is -0.463 e. The molecule has 1 aromatic rings. The fourth-order valence-electron chi connectivity index (χ4n) is 2.02. The fourth-order valence-corrected chi connectivity index (χ4v) is 2.02. The number of allylic oxidation sites excluding steroid dienone is 2. The Morgan fingerprint density at radius 2 is 1.71 bits per heavy atom. The molecule has 1 aromatic carbocycles. The number of benzene rings is 1. The second kappa shape index (κ2) is 9.06. The van der Waals surface area contributed by atoms with Crippen molar-refractivity contribution in [2.75, 3.05) is 6.61 Å². The Labute approximate surface area is 144 Å². The zero-order chi connectivity index (χ0) is 18.2. The van der Waals surface area contributed by atoms with Crippen LogP contribution in [0.15, 0.2) is 53.6 Å². The normalized spacial score (nSPS) is 12.7. The lowest BCUT2D eigenvalue weighted by Crippen LogP contribution is -2.22. The van der Waals surface area contributed by atoms with Crippen molar-refractivity contribution in [3.05, 3.63) is 59.2 Å². The van der Waals surface area contributed by atoms with Crippen LogP contribution >= 0.6 is 0 Å². The molecule has 130 valence electrons. The lowest BCUT2D eigenvalue weighted by molar-refractivity contribution is -0.148. The molecule has 0 spiro atoms. The standard InChI is InChI=1S/C20H26O4/c1-6-23-19(22)17(14-16-10-8-7-9-11-16)15(2)12-13-18(21)24-20(3,4)5/h7-13H,6,14H2,1-5H3/b13-12+,17-15-. The van der Waals surface area contributed by atoms with E-state index in [0.29, 0.717) is 24.2 Å². The van der Waals surface area contributed by atoms with Gasteiger partial charge in [-0.2, -0.15) is 0 Å². The highest BCUT2D eigenvalue weighted by molar-refractivity contribution is 5.91. The van der Waals surface area contributed by atoms with E-state index >= 15 is 0 Å². The van der Waals surface area contributed by atoms with E-state index in [-0.39, 0.29) is 5.97 Å². The van der Waals surface area contributed by atoms with Gasteiger partial charge in [0.05, 0.1) is 6.61 Å². The van der Waals surface area contributed by atoms with Crippen molar-refractivity contribution in [2.24, 2.45) is 0 Å². The van der Waals surface area contributed by atoms with Gasteiger partial charge < -0.3 is 9.47 Å². The maximum absolute atomic E-state index is 12.2. The first kappa shape index (κ1) is 19.7. The van der Waals surface area contributed by atoms with Crippen LogP contribution in [0.2, 0.25) is 0 Å². The Morgan fingerprint density at radius 1 is 1.08 bits per heavy atom. The number of ether oxygens (including phenoxy) is 2. The largest absolute Gasteiger partial charge is 0.463 e. The van der Waals surface area contributed by atoms with Gasteiger partial charge in [-0.15, -0.1) is 0 Å². The first-order valence-electron chi connectivity index (χ1n) is 8.04. The predicted molar refractivity (Wildman–Crippen MR) is 94.5 cm³/mol. The molecule has 4 heteroatoms. The van der Waals surface area contributed by atoms with Gasteiger partial charge in [0.1, 0.15) is 5.60 Å². The molecule has 0 saturated heterocycles. The smallest absolute Gasteiger partial charge is 0.334 e. The molecule has 0 atom stereocenters. The molecule has 0 N–H and O–H groups in total. The second-order valence-corrected chi connectivity index (χ2v) is 6.41. The molecule has 0 unspecified atom stereocenters. The number of hydrogen-bond donors (Lipinski definition) is 0. The van der Waals surface area contributed by atoms with Crippen LogP contribution in [0.25, 0.3) is 0 Å². The molecule has 0 radical (unpaired) electrons. The van der Waals surface area contributed by atoms with Crippen LogP contribution in [0.5, 0.6) is 0 Å². The Hall–Kier alpha value is -2.36. The highest BCUT2D eigenvalue weighted by Gasteiger charge is 2.16. The van der Waals surface area contributed by atoms with Crippen molar-refractivity contribution in [3.63, 3.8) is 0 Å². The van der Waals surface area contributed by atoms with Crippen LogP contribution in [-0.4, -0.2) is 24.1 Å². The number of esters is 2. The Bertz CT molecular complexity index is 619. The molecule has 0 aliphatic heterocycles. The van der Waals surface area contributed by atoms with Crippen molar-refractivity contribution in [2.45, 2.75) is 46.6 Å². The SMILES string of the molecule is CCOC(=O)/C(Cc1ccccc1)=C(C)\C=C\C(=O)OC(C)(C)C. The minimum absolute atomic E-state index is 0.306. The van der Waals surface area contributed by atoms with E-state index in [0.717, 1.165) is 5.56 Å². The third kappa shape index (κ3) is 7.27. The van der Waals surface area contributed by atoms with Crippen LogP contribution in [0.4, 0.5) is 0 Å². The van der Waals surface area contributed by atoms with Gasteiger partial charge in [0, 0.05) is 18.1 Å². The molecule has 0 fully saturated rings. The maximum Gasteiger partial charge on any atom is 0.334 e. The number of carbonyl (C=O) groups excluding carboxylic acids is 2. The zero-order valence-corrected chi connectivity index (χ0v) is 15.1. The molecule has 24 heavy (non-hydrogen) atoms.